The molecule has 12 nitrogen and oxygen atoms in total. The Morgan fingerprint density at radius 3 is 2.81 bits per heavy atom. The van der Waals surface area contributed by atoms with Crippen LogP contribution < -0.4 is 5.56 Å². The number of fused-ring (bicyclic) bond motifs is 3. The molecule has 3 N–H and O–H groups in total. The Morgan fingerprint density at radius 2 is 2.03 bits per heavy atom. The average Bonchev–Trinajstić information content (AvgIpc) is 3.43. The second kappa shape index (κ2) is 7.06. The molecular weight excluding hydrogens is 509 g/mol. The van der Waals surface area contributed by atoms with E-state index in [2.05, 4.69) is 30.9 Å². The predicted molar refractivity (Wildman–Crippen MR) is 113 cm³/mol. The highest BCUT2D eigenvalue weighted by Crippen LogP contribution is 2.52. The van der Waals surface area contributed by atoms with E-state index in [-0.39, 0.29) is 28.3 Å². The molecule has 5 unspecified atom stereocenters. The second-order valence-electron chi connectivity index (χ2n) is 7.46. The fourth-order valence-electron chi connectivity index (χ4n) is 4.04. The van der Waals surface area contributed by atoms with Gasteiger partial charge in [-0.3, -0.25) is 18.4 Å². The fraction of sp³-hybridized carbons (Fsp3) is 0.278. The van der Waals surface area contributed by atoms with Gasteiger partial charge in [0.05, 0.1) is 12.3 Å². The quantitative estimate of drug-likeness (QED) is 0.262. The minimum absolute atomic E-state index is 0.0589. The van der Waals surface area contributed by atoms with Crippen LogP contribution >= 0.6 is 23.8 Å². The summed E-state index contributed by atoms with van der Waals surface area (Å²) in [5, 5.41) is 10.8. The van der Waals surface area contributed by atoms with Crippen molar-refractivity contribution >= 4 is 40.7 Å². The van der Waals surface area contributed by atoms with Crippen LogP contribution in [0, 0.1) is 0 Å². The van der Waals surface area contributed by atoms with Crippen LogP contribution in [0.25, 0.3) is 28.2 Å². The number of nitrogens with zero attached hydrogens (tertiary/aromatic N) is 4. The lowest BCUT2D eigenvalue weighted by Gasteiger charge is -2.27. The molecular formula is C18H15BrN5O7P. The number of nitrogens with one attached hydrogen (secondary N) is 1. The van der Waals surface area contributed by atoms with Gasteiger partial charge in [0.25, 0.3) is 5.56 Å². The Labute approximate surface area is 187 Å². The number of phosphoric ester groups is 1. The standard InChI is InChI=1S/C18H15BrN5O7P/c19-17-21-11-14(24(17)16-12(25)13-10(30-16)7-29-32(27,28)31-13)22-18-20-9(6-23(18)15(11)26)8-4-2-1-3-5-8/h1-6,10,12-13,16,25H,7H2,(H,20,22)(H,27,28). The molecule has 2 aliphatic heterocycles. The first-order valence-corrected chi connectivity index (χ1v) is 11.8. The minimum Gasteiger partial charge on any atom is -0.386 e. The van der Waals surface area contributed by atoms with E-state index >= 15 is 0 Å². The fourth-order valence-corrected chi connectivity index (χ4v) is 5.55. The lowest BCUT2D eigenvalue weighted by molar-refractivity contribution is -0.0669. The summed E-state index contributed by atoms with van der Waals surface area (Å²) in [5.74, 6) is 0.277. The van der Waals surface area contributed by atoms with Crippen molar-refractivity contribution in [3.8, 4) is 11.3 Å². The molecule has 14 heteroatoms. The summed E-state index contributed by atoms with van der Waals surface area (Å²) in [7, 11) is -4.27. The van der Waals surface area contributed by atoms with Gasteiger partial charge in [-0.05, 0) is 21.5 Å². The summed E-state index contributed by atoms with van der Waals surface area (Å²) in [4.78, 5) is 34.6. The maximum absolute atomic E-state index is 13.1. The van der Waals surface area contributed by atoms with Crippen molar-refractivity contribution in [3.05, 3.63) is 51.6 Å². The molecule has 166 valence electrons. The zero-order valence-electron chi connectivity index (χ0n) is 16.0. The van der Waals surface area contributed by atoms with Crippen molar-refractivity contribution in [1.82, 2.24) is 23.9 Å². The van der Waals surface area contributed by atoms with E-state index in [0.29, 0.717) is 5.69 Å². The third kappa shape index (κ3) is 3.01. The number of aliphatic hydroxyl groups excluding tert-OH is 1. The number of imidazole rings is 2. The predicted octanol–water partition coefficient (Wildman–Crippen LogP) is 1.58. The number of ether oxygens (including phenoxy) is 1. The number of H-pyrrole nitrogens is 1. The Bertz CT molecular complexity index is 1470. The van der Waals surface area contributed by atoms with Gasteiger partial charge < -0.3 is 19.7 Å². The van der Waals surface area contributed by atoms with Gasteiger partial charge in [0.1, 0.15) is 18.3 Å². The van der Waals surface area contributed by atoms with Crippen molar-refractivity contribution in [2.75, 3.05) is 6.61 Å². The normalized spacial score (nSPS) is 30.2. The van der Waals surface area contributed by atoms with Crippen molar-refractivity contribution in [2.24, 2.45) is 0 Å². The van der Waals surface area contributed by atoms with Crippen LogP contribution in [-0.4, -0.2) is 58.8 Å². The number of hydrogen-bond acceptors (Lipinski definition) is 8. The third-order valence-corrected chi connectivity index (χ3v) is 7.06. The Morgan fingerprint density at radius 1 is 1.25 bits per heavy atom. The molecule has 0 saturated carbocycles. The maximum Gasteiger partial charge on any atom is 0.472 e. The van der Waals surface area contributed by atoms with E-state index in [9.17, 15) is 19.4 Å². The molecule has 2 fully saturated rings. The SMILES string of the molecule is O=c1c2nc(Br)n(C3OC4COP(=O)(O)OC4C3O)c2nc2[nH]c(-c3ccccc3)cn12. The lowest BCUT2D eigenvalue weighted by Crippen LogP contribution is -2.39. The molecule has 0 aliphatic carbocycles. The van der Waals surface area contributed by atoms with E-state index in [1.54, 1.807) is 6.20 Å². The maximum atomic E-state index is 13.1. The summed E-state index contributed by atoms with van der Waals surface area (Å²) >= 11 is 3.30. The van der Waals surface area contributed by atoms with Crippen molar-refractivity contribution in [2.45, 2.75) is 24.5 Å². The molecule has 1 aromatic carbocycles. The second-order valence-corrected chi connectivity index (χ2v) is 9.57. The number of halogens is 1. The average molecular weight is 524 g/mol. The number of aromatic amines is 1. The highest BCUT2D eigenvalue weighted by molar-refractivity contribution is 9.10. The van der Waals surface area contributed by atoms with Crippen molar-refractivity contribution < 1.29 is 28.3 Å². The molecule has 4 aromatic rings. The zero-order valence-corrected chi connectivity index (χ0v) is 18.5. The first-order valence-electron chi connectivity index (χ1n) is 9.56. The van der Waals surface area contributed by atoms with Crippen LogP contribution in [0.1, 0.15) is 6.23 Å². The molecule has 5 atom stereocenters. The van der Waals surface area contributed by atoms with Gasteiger partial charge in [-0.2, -0.15) is 4.98 Å². The van der Waals surface area contributed by atoms with Gasteiger partial charge in [-0.1, -0.05) is 30.3 Å². The van der Waals surface area contributed by atoms with E-state index < -0.39 is 37.9 Å². The molecule has 3 aromatic heterocycles. The number of benzene rings is 1. The largest absolute Gasteiger partial charge is 0.472 e. The number of rotatable bonds is 2. The summed E-state index contributed by atoms with van der Waals surface area (Å²) in [6.45, 7) is -0.229. The van der Waals surface area contributed by atoms with E-state index in [1.165, 1.54) is 8.97 Å². The highest BCUT2D eigenvalue weighted by Gasteiger charge is 2.53. The first kappa shape index (κ1) is 20.2. The minimum atomic E-state index is -4.27. The molecule has 0 bridgehead atoms. The Hall–Kier alpha value is -2.38. The van der Waals surface area contributed by atoms with Crippen LogP contribution in [0.2, 0.25) is 0 Å². The van der Waals surface area contributed by atoms with Crippen LogP contribution in [0.15, 0.2) is 46.1 Å². The van der Waals surface area contributed by atoms with Gasteiger partial charge in [0.2, 0.25) is 5.78 Å². The molecule has 2 aliphatic rings. The molecule has 6 rings (SSSR count). The van der Waals surface area contributed by atoms with Crippen LogP contribution in [0.4, 0.5) is 0 Å². The van der Waals surface area contributed by atoms with Gasteiger partial charge in [-0.25, -0.2) is 13.9 Å². The molecule has 0 amide bonds. The smallest absolute Gasteiger partial charge is 0.386 e. The van der Waals surface area contributed by atoms with Crippen molar-refractivity contribution in [3.63, 3.8) is 0 Å². The van der Waals surface area contributed by atoms with E-state index in [1.807, 2.05) is 30.3 Å². The van der Waals surface area contributed by atoms with Crippen molar-refractivity contribution in [1.29, 1.82) is 0 Å². The van der Waals surface area contributed by atoms with Gasteiger partial charge >= 0.3 is 7.82 Å². The first-order chi connectivity index (χ1) is 15.3. The Kier molecular flexibility index (Phi) is 4.46. The lowest BCUT2D eigenvalue weighted by atomic mass is 10.1. The molecule has 5 heterocycles. The monoisotopic (exact) mass is 523 g/mol. The molecule has 0 radical (unpaired) electrons. The third-order valence-electron chi connectivity index (χ3n) is 5.51. The summed E-state index contributed by atoms with van der Waals surface area (Å²) in [6, 6.07) is 9.46. The summed E-state index contributed by atoms with van der Waals surface area (Å²) < 4.78 is 30.3. The van der Waals surface area contributed by atoms with Gasteiger partial charge in [0, 0.05) is 6.20 Å². The van der Waals surface area contributed by atoms with E-state index in [4.69, 9.17) is 13.8 Å². The van der Waals surface area contributed by atoms with Crippen LogP contribution in [-0.2, 0) is 18.3 Å². The molecule has 32 heavy (non-hydrogen) atoms. The van der Waals surface area contributed by atoms with Crippen LogP contribution in [0.5, 0.6) is 0 Å². The topological polar surface area (TPSA) is 153 Å². The summed E-state index contributed by atoms with van der Waals surface area (Å²) in [6.07, 6.45) is -2.64. The summed E-state index contributed by atoms with van der Waals surface area (Å²) in [5.41, 5.74) is 1.39. The zero-order chi connectivity index (χ0) is 22.2. The number of phosphoric acid groups is 1. The Balaban J connectivity index is 1.48. The number of aliphatic hydroxyl groups is 1. The highest BCUT2D eigenvalue weighted by atomic mass is 79.9. The van der Waals surface area contributed by atoms with Gasteiger partial charge in [-0.15, -0.1) is 0 Å². The molecule has 0 spiro atoms. The number of aromatic nitrogens is 5. The van der Waals surface area contributed by atoms with Crippen LogP contribution in [0.3, 0.4) is 0 Å². The van der Waals surface area contributed by atoms with E-state index in [0.717, 1.165) is 5.56 Å². The molecule has 2 saturated heterocycles. The van der Waals surface area contributed by atoms with Gasteiger partial charge in [0.15, 0.2) is 22.1 Å². The number of hydrogen-bond donors (Lipinski definition) is 3.